The van der Waals surface area contributed by atoms with E-state index < -0.39 is 0 Å². The van der Waals surface area contributed by atoms with E-state index in [0.717, 1.165) is 25.7 Å². The molecule has 0 aliphatic heterocycles. The van der Waals surface area contributed by atoms with Crippen LogP contribution in [-0.2, 0) is 17.6 Å². The quantitative estimate of drug-likeness (QED) is 0.547. The Morgan fingerprint density at radius 1 is 1.21 bits per heavy atom. The lowest BCUT2D eigenvalue weighted by Gasteiger charge is -2.30. The van der Waals surface area contributed by atoms with Crippen molar-refractivity contribution >= 4 is 17.3 Å². The van der Waals surface area contributed by atoms with Crippen LogP contribution in [0, 0.1) is 5.41 Å². The minimum Gasteiger partial charge on any atom is -0.511 e. The molecule has 0 aromatic carbocycles. The summed E-state index contributed by atoms with van der Waals surface area (Å²) in [5.74, 6) is 0.838. The molecule has 152 valence electrons. The number of aryl methyl sites for hydroxylation is 2. The van der Waals surface area contributed by atoms with Gasteiger partial charge in [-0.2, -0.15) is 0 Å². The van der Waals surface area contributed by atoms with E-state index in [9.17, 15) is 14.7 Å². The van der Waals surface area contributed by atoms with E-state index in [1.165, 1.54) is 0 Å². The zero-order valence-electron chi connectivity index (χ0n) is 17.1. The average molecular weight is 386 g/mol. The Morgan fingerprint density at radius 2 is 2.00 bits per heavy atom. The Bertz CT molecular complexity index is 830. The van der Waals surface area contributed by atoms with Crippen LogP contribution < -0.4 is 0 Å². The predicted octanol–water partition coefficient (Wildman–Crippen LogP) is 4.57. The van der Waals surface area contributed by atoms with Gasteiger partial charge in [-0.05, 0) is 31.1 Å². The van der Waals surface area contributed by atoms with Crippen LogP contribution in [0.5, 0.6) is 0 Å². The molecule has 2 aliphatic rings. The normalized spacial score (nSPS) is 19.9. The van der Waals surface area contributed by atoms with E-state index in [4.69, 9.17) is 4.52 Å². The number of ketones is 2. The van der Waals surface area contributed by atoms with Gasteiger partial charge < -0.3 is 9.63 Å². The van der Waals surface area contributed by atoms with E-state index >= 15 is 0 Å². The number of Topliss-reactive ketones (excluding diaryl/α,β-unsaturated/α-hetero) is 2. The number of aromatic nitrogens is 1. The molecule has 1 aromatic rings. The SMILES string of the molecule is CCCCN=C(CCc1noc2c1C(=O)CCC2)C1=C(O)CC(C)(C)CC1=O. The summed E-state index contributed by atoms with van der Waals surface area (Å²) in [7, 11) is 0. The summed E-state index contributed by atoms with van der Waals surface area (Å²) in [6.07, 6.45) is 5.81. The van der Waals surface area contributed by atoms with Crippen molar-refractivity contribution in [1.29, 1.82) is 0 Å². The lowest BCUT2D eigenvalue weighted by molar-refractivity contribution is -0.118. The van der Waals surface area contributed by atoms with E-state index in [1.807, 2.05) is 13.8 Å². The van der Waals surface area contributed by atoms with Gasteiger partial charge in [0, 0.05) is 37.9 Å². The lowest BCUT2D eigenvalue weighted by atomic mass is 9.75. The number of carbonyl (C=O) groups is 2. The van der Waals surface area contributed by atoms with Crippen molar-refractivity contribution in [3.63, 3.8) is 0 Å². The third-order valence-electron chi connectivity index (χ3n) is 5.47. The number of fused-ring (bicyclic) bond motifs is 1. The third-order valence-corrected chi connectivity index (χ3v) is 5.47. The van der Waals surface area contributed by atoms with Crippen molar-refractivity contribution in [1.82, 2.24) is 5.16 Å². The van der Waals surface area contributed by atoms with Gasteiger partial charge in [0.1, 0.15) is 11.5 Å². The first-order chi connectivity index (χ1) is 13.3. The number of carbonyl (C=O) groups excluding carboxylic acids is 2. The molecule has 1 aromatic heterocycles. The molecule has 0 spiro atoms. The molecule has 0 fully saturated rings. The zero-order valence-corrected chi connectivity index (χ0v) is 17.1. The van der Waals surface area contributed by atoms with Gasteiger partial charge in [0.25, 0.3) is 0 Å². The highest BCUT2D eigenvalue weighted by Crippen LogP contribution is 2.36. The van der Waals surface area contributed by atoms with E-state index in [0.29, 0.717) is 67.0 Å². The number of aliphatic hydroxyl groups is 1. The molecule has 0 saturated carbocycles. The molecule has 0 radical (unpaired) electrons. The zero-order chi connectivity index (χ0) is 20.3. The number of hydrogen-bond donors (Lipinski definition) is 1. The largest absolute Gasteiger partial charge is 0.511 e. The van der Waals surface area contributed by atoms with E-state index in [1.54, 1.807) is 0 Å². The van der Waals surface area contributed by atoms with Crippen molar-refractivity contribution in [2.75, 3.05) is 6.54 Å². The molecule has 1 N–H and O–H groups in total. The maximum atomic E-state index is 12.8. The van der Waals surface area contributed by atoms with Crippen LogP contribution in [0.4, 0.5) is 0 Å². The van der Waals surface area contributed by atoms with Crippen LogP contribution in [0.3, 0.4) is 0 Å². The monoisotopic (exact) mass is 386 g/mol. The summed E-state index contributed by atoms with van der Waals surface area (Å²) in [6, 6.07) is 0. The predicted molar refractivity (Wildman–Crippen MR) is 107 cm³/mol. The van der Waals surface area contributed by atoms with E-state index in [-0.39, 0.29) is 22.7 Å². The van der Waals surface area contributed by atoms with Gasteiger partial charge in [-0.25, -0.2) is 0 Å². The fraction of sp³-hybridized carbons (Fsp3) is 0.636. The van der Waals surface area contributed by atoms with Crippen LogP contribution >= 0.6 is 0 Å². The second kappa shape index (κ2) is 8.41. The number of hydrogen-bond acceptors (Lipinski definition) is 6. The highest BCUT2D eigenvalue weighted by molar-refractivity contribution is 6.23. The smallest absolute Gasteiger partial charge is 0.168 e. The number of allylic oxidation sites excluding steroid dienone is 2. The maximum absolute atomic E-state index is 12.8. The van der Waals surface area contributed by atoms with Gasteiger partial charge in [-0.1, -0.05) is 32.3 Å². The Kier molecular flexibility index (Phi) is 6.16. The molecule has 0 atom stereocenters. The van der Waals surface area contributed by atoms with Crippen LogP contribution in [0.25, 0.3) is 0 Å². The fourth-order valence-electron chi connectivity index (χ4n) is 4.06. The van der Waals surface area contributed by atoms with E-state index in [2.05, 4.69) is 17.1 Å². The first-order valence-corrected chi connectivity index (χ1v) is 10.3. The number of rotatable bonds is 7. The fourth-order valence-corrected chi connectivity index (χ4v) is 4.06. The van der Waals surface area contributed by atoms with Crippen LogP contribution in [0.15, 0.2) is 20.8 Å². The van der Waals surface area contributed by atoms with Crippen molar-refractivity contribution in [3.8, 4) is 0 Å². The summed E-state index contributed by atoms with van der Waals surface area (Å²) < 4.78 is 5.36. The summed E-state index contributed by atoms with van der Waals surface area (Å²) in [4.78, 5) is 29.7. The highest BCUT2D eigenvalue weighted by atomic mass is 16.5. The van der Waals surface area contributed by atoms with Gasteiger partial charge in [-0.15, -0.1) is 0 Å². The molecular weight excluding hydrogens is 356 g/mol. The van der Waals surface area contributed by atoms with Crippen molar-refractivity contribution in [2.45, 2.75) is 78.6 Å². The second-order valence-electron chi connectivity index (χ2n) is 8.65. The number of aliphatic hydroxyl groups excluding tert-OH is 1. The molecule has 28 heavy (non-hydrogen) atoms. The van der Waals surface area contributed by atoms with Crippen LogP contribution in [-0.4, -0.2) is 34.1 Å². The van der Waals surface area contributed by atoms with Gasteiger partial charge in [0.2, 0.25) is 0 Å². The second-order valence-corrected chi connectivity index (χ2v) is 8.65. The Labute approximate surface area is 166 Å². The van der Waals surface area contributed by atoms with Crippen molar-refractivity contribution < 1.29 is 19.2 Å². The van der Waals surface area contributed by atoms with Crippen molar-refractivity contribution in [3.05, 3.63) is 28.3 Å². The summed E-state index contributed by atoms with van der Waals surface area (Å²) >= 11 is 0. The molecule has 6 nitrogen and oxygen atoms in total. The first kappa shape index (κ1) is 20.5. The maximum Gasteiger partial charge on any atom is 0.168 e. The minimum absolute atomic E-state index is 0.0535. The standard InChI is InChI=1S/C22H30N2O4/c1-4-5-11-23-14(20-17(26)12-22(2,3)13-18(20)27)9-10-15-21-16(25)7-6-8-19(21)28-24-15/h26H,4-13H2,1-3H3. The Morgan fingerprint density at radius 3 is 2.71 bits per heavy atom. The summed E-state index contributed by atoms with van der Waals surface area (Å²) in [6.45, 7) is 6.68. The molecular formula is C22H30N2O4. The number of aliphatic imine (C=N–C) groups is 1. The molecule has 2 aliphatic carbocycles. The molecule has 0 saturated heterocycles. The molecule has 1 heterocycles. The third kappa shape index (κ3) is 4.42. The molecule has 0 unspecified atom stereocenters. The van der Waals surface area contributed by atoms with Crippen LogP contribution in [0.1, 0.15) is 87.5 Å². The highest BCUT2D eigenvalue weighted by Gasteiger charge is 2.35. The molecule has 0 amide bonds. The minimum atomic E-state index is -0.239. The van der Waals surface area contributed by atoms with Gasteiger partial charge >= 0.3 is 0 Å². The average Bonchev–Trinajstić information content (AvgIpc) is 3.02. The van der Waals surface area contributed by atoms with Gasteiger partial charge in [0.15, 0.2) is 11.6 Å². The Balaban J connectivity index is 1.84. The van der Waals surface area contributed by atoms with Crippen molar-refractivity contribution in [2.24, 2.45) is 10.4 Å². The van der Waals surface area contributed by atoms with Gasteiger partial charge in [0.05, 0.1) is 16.8 Å². The number of unbranched alkanes of at least 4 members (excludes halogenated alkanes) is 1. The van der Waals surface area contributed by atoms with Crippen LogP contribution in [0.2, 0.25) is 0 Å². The summed E-state index contributed by atoms with van der Waals surface area (Å²) in [5, 5.41) is 14.7. The molecule has 3 rings (SSSR count). The Hall–Kier alpha value is -2.24. The molecule has 6 heteroatoms. The topological polar surface area (TPSA) is 92.8 Å². The molecule has 0 bridgehead atoms. The van der Waals surface area contributed by atoms with Gasteiger partial charge in [-0.3, -0.25) is 14.6 Å². The first-order valence-electron chi connectivity index (χ1n) is 10.3. The lowest BCUT2D eigenvalue weighted by Crippen LogP contribution is -2.29. The summed E-state index contributed by atoms with van der Waals surface area (Å²) in [5.41, 5.74) is 2.03. The number of nitrogens with zero attached hydrogens (tertiary/aromatic N) is 2.